The minimum Gasteiger partial charge on any atom is -0.484 e. The van der Waals surface area contributed by atoms with Crippen LogP contribution in [0.25, 0.3) is 0 Å². The van der Waals surface area contributed by atoms with Crippen molar-refractivity contribution >= 4 is 33.7 Å². The predicted octanol–water partition coefficient (Wildman–Crippen LogP) is 2.38. The van der Waals surface area contributed by atoms with Crippen LogP contribution in [0.5, 0.6) is 5.75 Å². The van der Waals surface area contributed by atoms with Gasteiger partial charge in [0, 0.05) is 23.9 Å². The highest BCUT2D eigenvalue weighted by molar-refractivity contribution is 9.10. The first kappa shape index (κ1) is 21.4. The van der Waals surface area contributed by atoms with Crippen LogP contribution in [0.1, 0.15) is 24.0 Å². The summed E-state index contributed by atoms with van der Waals surface area (Å²) in [4.78, 5) is 35.2. The largest absolute Gasteiger partial charge is 0.484 e. The zero-order chi connectivity index (χ0) is 20.4. The van der Waals surface area contributed by atoms with Crippen LogP contribution in [0.4, 0.5) is 0 Å². The van der Waals surface area contributed by atoms with E-state index in [1.54, 1.807) is 12.1 Å². The van der Waals surface area contributed by atoms with Crippen LogP contribution in [0, 0.1) is 6.92 Å². The third-order valence-corrected chi connectivity index (χ3v) is 4.64. The number of hydrazine groups is 1. The molecule has 148 valence electrons. The number of nitrogens with one attached hydrogen (secondary N) is 3. The Balaban J connectivity index is 1.60. The lowest BCUT2D eigenvalue weighted by Crippen LogP contribution is -2.44. The lowest BCUT2D eigenvalue weighted by molar-refractivity contribution is -0.131. The summed E-state index contributed by atoms with van der Waals surface area (Å²) < 4.78 is 6.31. The highest BCUT2D eigenvalue weighted by Gasteiger charge is 2.09. The molecule has 0 fully saturated rings. The highest BCUT2D eigenvalue weighted by atomic mass is 79.9. The molecule has 0 atom stereocenters. The molecule has 0 radical (unpaired) electrons. The Morgan fingerprint density at radius 1 is 0.929 bits per heavy atom. The van der Waals surface area contributed by atoms with Crippen LogP contribution in [-0.4, -0.2) is 24.3 Å². The third kappa shape index (κ3) is 7.79. The number of halogens is 1. The van der Waals surface area contributed by atoms with Gasteiger partial charge in [-0.3, -0.25) is 25.2 Å². The van der Waals surface area contributed by atoms with Crippen molar-refractivity contribution < 1.29 is 19.1 Å². The second kappa shape index (κ2) is 11.1. The Kier molecular flexibility index (Phi) is 8.48. The molecule has 28 heavy (non-hydrogen) atoms. The van der Waals surface area contributed by atoms with E-state index >= 15 is 0 Å². The van der Waals surface area contributed by atoms with E-state index < -0.39 is 11.8 Å². The molecule has 2 aromatic rings. The molecule has 0 aliphatic carbocycles. The highest BCUT2D eigenvalue weighted by Crippen LogP contribution is 2.21. The maximum absolute atomic E-state index is 11.8. The van der Waals surface area contributed by atoms with Crippen LogP contribution in [0.2, 0.25) is 0 Å². The van der Waals surface area contributed by atoms with Crippen molar-refractivity contribution in [3.8, 4) is 5.75 Å². The normalized spacial score (nSPS) is 10.1. The van der Waals surface area contributed by atoms with Gasteiger partial charge >= 0.3 is 0 Å². The number of amides is 3. The smallest absolute Gasteiger partial charge is 0.276 e. The van der Waals surface area contributed by atoms with Gasteiger partial charge in [0.25, 0.3) is 5.91 Å². The number of carbonyl (C=O) groups excluding carboxylic acids is 3. The Hall–Kier alpha value is -2.87. The summed E-state index contributed by atoms with van der Waals surface area (Å²) in [6.07, 6.45) is -0.00310. The van der Waals surface area contributed by atoms with E-state index in [1.165, 1.54) is 0 Å². The Morgan fingerprint density at radius 2 is 1.61 bits per heavy atom. The summed E-state index contributed by atoms with van der Waals surface area (Å²) in [6.45, 7) is 2.08. The van der Waals surface area contributed by atoms with Crippen LogP contribution in [0.15, 0.2) is 53.0 Å². The fraction of sp³-hybridized carbons (Fsp3) is 0.250. The molecule has 0 unspecified atom stereocenters. The minimum atomic E-state index is -0.498. The van der Waals surface area contributed by atoms with E-state index in [-0.39, 0.29) is 25.4 Å². The monoisotopic (exact) mass is 447 g/mol. The summed E-state index contributed by atoms with van der Waals surface area (Å²) in [5.41, 5.74) is 6.48. The Morgan fingerprint density at radius 3 is 2.32 bits per heavy atom. The number of hydrogen-bond donors (Lipinski definition) is 3. The predicted molar refractivity (Wildman–Crippen MR) is 108 cm³/mol. The van der Waals surface area contributed by atoms with Gasteiger partial charge in [0.05, 0.1) is 0 Å². The Bertz CT molecular complexity index is 827. The minimum absolute atomic E-state index is 0.0310. The lowest BCUT2D eigenvalue weighted by atomic mass is 10.2. The molecule has 0 aliphatic rings. The van der Waals surface area contributed by atoms with Gasteiger partial charge in [0.2, 0.25) is 11.8 Å². The molecule has 3 amide bonds. The van der Waals surface area contributed by atoms with Crippen molar-refractivity contribution in [1.29, 1.82) is 0 Å². The molecule has 0 heterocycles. The van der Waals surface area contributed by atoms with Gasteiger partial charge in [-0.25, -0.2) is 0 Å². The molecule has 7 nitrogen and oxygen atoms in total. The summed E-state index contributed by atoms with van der Waals surface area (Å²) >= 11 is 3.39. The number of benzene rings is 2. The third-order valence-electron chi connectivity index (χ3n) is 3.75. The molecule has 0 spiro atoms. The molecule has 0 aliphatic heterocycles. The molecule has 2 aromatic carbocycles. The average molecular weight is 448 g/mol. The van der Waals surface area contributed by atoms with E-state index in [1.807, 2.05) is 43.3 Å². The standard InChI is InChI=1S/C20H22BrN3O4/c1-14-11-16(7-8-17(14)21)28-13-20(27)24-23-19(26)10-9-18(25)22-12-15-5-3-2-4-6-15/h2-8,11H,9-10,12-13H2,1H3,(H,22,25)(H,23,26)(H,24,27). The van der Waals surface area contributed by atoms with Gasteiger partial charge < -0.3 is 10.1 Å². The number of hydrogen-bond acceptors (Lipinski definition) is 4. The molecule has 2 rings (SSSR count). The van der Waals surface area contributed by atoms with Gasteiger partial charge in [-0.05, 0) is 36.2 Å². The van der Waals surface area contributed by atoms with E-state index in [2.05, 4.69) is 32.1 Å². The maximum atomic E-state index is 11.8. The SMILES string of the molecule is Cc1cc(OCC(=O)NNC(=O)CCC(=O)NCc2ccccc2)ccc1Br. The van der Waals surface area contributed by atoms with Crippen LogP contribution >= 0.6 is 15.9 Å². The van der Waals surface area contributed by atoms with Crippen molar-refractivity contribution in [2.75, 3.05) is 6.61 Å². The first-order valence-electron chi connectivity index (χ1n) is 8.71. The van der Waals surface area contributed by atoms with Crippen molar-refractivity contribution in [2.24, 2.45) is 0 Å². The summed E-state index contributed by atoms with van der Waals surface area (Å²) in [6, 6.07) is 14.8. The second-order valence-corrected chi connectivity index (χ2v) is 6.91. The van der Waals surface area contributed by atoms with E-state index in [9.17, 15) is 14.4 Å². The molecule has 3 N–H and O–H groups in total. The van der Waals surface area contributed by atoms with Crippen molar-refractivity contribution in [3.63, 3.8) is 0 Å². The fourth-order valence-electron chi connectivity index (χ4n) is 2.21. The van der Waals surface area contributed by atoms with Gasteiger partial charge in [0.15, 0.2) is 6.61 Å². The molecule has 8 heteroatoms. The first-order valence-corrected chi connectivity index (χ1v) is 9.50. The van der Waals surface area contributed by atoms with Gasteiger partial charge in [-0.15, -0.1) is 0 Å². The molecular weight excluding hydrogens is 426 g/mol. The first-order chi connectivity index (χ1) is 13.4. The van der Waals surface area contributed by atoms with Crippen LogP contribution in [-0.2, 0) is 20.9 Å². The lowest BCUT2D eigenvalue weighted by Gasteiger charge is -2.10. The van der Waals surface area contributed by atoms with Gasteiger partial charge in [0.1, 0.15) is 5.75 Å². The van der Waals surface area contributed by atoms with Crippen LogP contribution in [0.3, 0.4) is 0 Å². The second-order valence-electron chi connectivity index (χ2n) is 6.06. The van der Waals surface area contributed by atoms with E-state index in [4.69, 9.17) is 4.74 Å². The number of aryl methyl sites for hydroxylation is 1. The van der Waals surface area contributed by atoms with Gasteiger partial charge in [-0.2, -0.15) is 0 Å². The van der Waals surface area contributed by atoms with Gasteiger partial charge in [-0.1, -0.05) is 46.3 Å². The van der Waals surface area contributed by atoms with E-state index in [0.717, 1.165) is 15.6 Å². The number of ether oxygens (including phenoxy) is 1. The van der Waals surface area contributed by atoms with Crippen molar-refractivity contribution in [3.05, 3.63) is 64.1 Å². The molecule has 0 saturated heterocycles. The van der Waals surface area contributed by atoms with Crippen LogP contribution < -0.4 is 20.9 Å². The van der Waals surface area contributed by atoms with E-state index in [0.29, 0.717) is 12.3 Å². The van der Waals surface area contributed by atoms with Crippen molar-refractivity contribution in [1.82, 2.24) is 16.2 Å². The molecule has 0 saturated carbocycles. The quantitative estimate of drug-likeness (QED) is 0.541. The zero-order valence-corrected chi connectivity index (χ0v) is 17.0. The molecule has 0 aromatic heterocycles. The maximum Gasteiger partial charge on any atom is 0.276 e. The summed E-state index contributed by atoms with van der Waals surface area (Å²) in [5, 5.41) is 2.74. The average Bonchev–Trinajstić information content (AvgIpc) is 2.70. The zero-order valence-electron chi connectivity index (χ0n) is 15.5. The summed E-state index contributed by atoms with van der Waals surface area (Å²) in [7, 11) is 0. The Labute approximate surface area is 171 Å². The topological polar surface area (TPSA) is 96.5 Å². The number of carbonyl (C=O) groups is 3. The van der Waals surface area contributed by atoms with Crippen molar-refractivity contribution in [2.45, 2.75) is 26.3 Å². The summed E-state index contributed by atoms with van der Waals surface area (Å²) in [5.74, 6) is -0.637. The molecular formula is C20H22BrN3O4. The number of rotatable bonds is 8. The molecule has 0 bridgehead atoms. The fourth-order valence-corrected chi connectivity index (χ4v) is 2.45.